The molecule has 0 aliphatic carbocycles. The van der Waals surface area contributed by atoms with Gasteiger partial charge in [0, 0.05) is 0 Å². The van der Waals surface area contributed by atoms with Gasteiger partial charge in [0.25, 0.3) is 5.91 Å². The van der Waals surface area contributed by atoms with Crippen molar-refractivity contribution in [2.45, 2.75) is 6.92 Å². The number of hydrogen-bond acceptors (Lipinski definition) is 8. The number of nitrogens with zero attached hydrogens (tertiary/aromatic N) is 1. The number of nitrogens with one attached hydrogen (secondary N) is 2. The second kappa shape index (κ2) is 7.38. The summed E-state index contributed by atoms with van der Waals surface area (Å²) in [4.78, 5) is 27.5. The summed E-state index contributed by atoms with van der Waals surface area (Å²) in [5, 5.41) is 11.9. The summed E-state index contributed by atoms with van der Waals surface area (Å²) < 4.78 is 9.66. The number of carbonyl (C=O) groups is 2. The maximum atomic E-state index is 12.2. The van der Waals surface area contributed by atoms with Gasteiger partial charge in [-0.05, 0) is 19.1 Å². The first-order chi connectivity index (χ1) is 10.6. The van der Waals surface area contributed by atoms with Gasteiger partial charge in [0.1, 0.15) is 10.8 Å². The third-order valence-electron chi connectivity index (χ3n) is 2.42. The summed E-state index contributed by atoms with van der Waals surface area (Å²) >= 11 is 1.05. The van der Waals surface area contributed by atoms with Crippen LogP contribution in [-0.4, -0.2) is 28.9 Å². The van der Waals surface area contributed by atoms with Crippen LogP contribution in [0.1, 0.15) is 17.3 Å². The van der Waals surface area contributed by atoms with Gasteiger partial charge in [0.15, 0.2) is 5.13 Å². The molecule has 0 saturated heterocycles. The molecule has 2 aromatic rings. The summed E-state index contributed by atoms with van der Waals surface area (Å²) in [6, 6.07) is 6.25. The molecule has 0 aliphatic rings. The van der Waals surface area contributed by atoms with E-state index < -0.39 is 12.1 Å². The van der Waals surface area contributed by atoms with Crippen molar-refractivity contribution in [1.29, 1.82) is 0 Å². The normalized spacial score (nSPS) is 9.91. The number of ether oxygens (including phenoxy) is 2. The van der Waals surface area contributed by atoms with Crippen molar-refractivity contribution >= 4 is 33.5 Å². The SMILES string of the molecule is CCOC(=O)Oc1ccccc1C(=O)Nc1ncc(NO)s1. The molecule has 0 bridgehead atoms. The third-order valence-corrected chi connectivity index (χ3v) is 3.24. The van der Waals surface area contributed by atoms with Crippen molar-refractivity contribution in [3.8, 4) is 5.75 Å². The minimum absolute atomic E-state index is 0.0792. The van der Waals surface area contributed by atoms with Crippen LogP contribution in [0.5, 0.6) is 5.75 Å². The predicted octanol–water partition coefficient (Wildman–Crippen LogP) is 2.73. The van der Waals surface area contributed by atoms with Crippen LogP contribution >= 0.6 is 11.3 Å². The van der Waals surface area contributed by atoms with Crippen molar-refractivity contribution in [1.82, 2.24) is 4.98 Å². The van der Waals surface area contributed by atoms with Crippen LogP contribution in [0.25, 0.3) is 0 Å². The highest BCUT2D eigenvalue weighted by Gasteiger charge is 2.16. The van der Waals surface area contributed by atoms with Crippen molar-refractivity contribution < 1.29 is 24.3 Å². The quantitative estimate of drug-likeness (QED) is 0.441. The highest BCUT2D eigenvalue weighted by Crippen LogP contribution is 2.25. The number of rotatable bonds is 5. The average Bonchev–Trinajstić information content (AvgIpc) is 2.95. The fourth-order valence-corrected chi connectivity index (χ4v) is 2.14. The molecule has 0 aliphatic heterocycles. The lowest BCUT2D eigenvalue weighted by Crippen LogP contribution is -2.16. The zero-order valence-electron chi connectivity index (χ0n) is 11.5. The van der Waals surface area contributed by atoms with Crippen LogP contribution < -0.4 is 15.5 Å². The highest BCUT2D eigenvalue weighted by atomic mass is 32.1. The molecule has 1 aromatic carbocycles. The Morgan fingerprint density at radius 2 is 2.14 bits per heavy atom. The van der Waals surface area contributed by atoms with E-state index in [1.54, 1.807) is 19.1 Å². The Balaban J connectivity index is 2.13. The van der Waals surface area contributed by atoms with Crippen molar-refractivity contribution in [2.75, 3.05) is 17.4 Å². The summed E-state index contributed by atoms with van der Waals surface area (Å²) in [5.41, 5.74) is 2.09. The van der Waals surface area contributed by atoms with Crippen molar-refractivity contribution in [3.05, 3.63) is 36.0 Å². The second-order valence-electron chi connectivity index (χ2n) is 3.88. The Kier molecular flexibility index (Phi) is 5.28. The van der Waals surface area contributed by atoms with Gasteiger partial charge in [-0.3, -0.25) is 20.8 Å². The van der Waals surface area contributed by atoms with Gasteiger partial charge >= 0.3 is 6.16 Å². The molecular formula is C13H13N3O5S. The number of amides is 1. The molecule has 3 N–H and O–H groups in total. The molecule has 9 heteroatoms. The molecular weight excluding hydrogens is 310 g/mol. The second-order valence-corrected chi connectivity index (χ2v) is 4.91. The monoisotopic (exact) mass is 323 g/mol. The maximum absolute atomic E-state index is 12.2. The van der Waals surface area contributed by atoms with E-state index in [1.807, 2.05) is 5.48 Å². The first kappa shape index (κ1) is 15.7. The minimum Gasteiger partial charge on any atom is -0.434 e. The van der Waals surface area contributed by atoms with Gasteiger partial charge in [-0.25, -0.2) is 9.78 Å². The molecule has 0 unspecified atom stereocenters. The minimum atomic E-state index is -0.885. The van der Waals surface area contributed by atoms with Gasteiger partial charge in [-0.1, -0.05) is 23.5 Å². The zero-order chi connectivity index (χ0) is 15.9. The van der Waals surface area contributed by atoms with Crippen molar-refractivity contribution in [2.24, 2.45) is 0 Å². The molecule has 2 rings (SSSR count). The lowest BCUT2D eigenvalue weighted by atomic mass is 10.2. The van der Waals surface area contributed by atoms with E-state index in [1.165, 1.54) is 18.3 Å². The molecule has 0 atom stereocenters. The fourth-order valence-electron chi connectivity index (χ4n) is 1.53. The molecule has 1 heterocycles. The third kappa shape index (κ3) is 3.93. The molecule has 22 heavy (non-hydrogen) atoms. The number of thiazole rings is 1. The Hall–Kier alpha value is -2.65. The van der Waals surface area contributed by atoms with E-state index in [2.05, 4.69) is 15.0 Å². The molecule has 0 fully saturated rings. The molecule has 1 amide bonds. The topological polar surface area (TPSA) is 110 Å². The molecule has 8 nitrogen and oxygen atoms in total. The van der Waals surface area contributed by atoms with Crippen molar-refractivity contribution in [3.63, 3.8) is 0 Å². The smallest absolute Gasteiger partial charge is 0.434 e. The Morgan fingerprint density at radius 3 is 2.82 bits per heavy atom. The van der Waals surface area contributed by atoms with Crippen LogP contribution in [-0.2, 0) is 4.74 Å². The highest BCUT2D eigenvalue weighted by molar-refractivity contribution is 7.19. The summed E-state index contributed by atoms with van der Waals surface area (Å²) in [6.07, 6.45) is 0.477. The van der Waals surface area contributed by atoms with Crippen LogP contribution in [0, 0.1) is 0 Å². The van der Waals surface area contributed by atoms with E-state index in [0.717, 1.165) is 11.3 Å². The first-order valence-electron chi connectivity index (χ1n) is 6.25. The predicted molar refractivity (Wildman–Crippen MR) is 79.6 cm³/mol. The van der Waals surface area contributed by atoms with Crippen LogP contribution in [0.3, 0.4) is 0 Å². The zero-order valence-corrected chi connectivity index (χ0v) is 12.3. The Bertz CT molecular complexity index is 673. The lowest BCUT2D eigenvalue weighted by Gasteiger charge is -2.09. The van der Waals surface area contributed by atoms with Gasteiger partial charge < -0.3 is 9.47 Å². The van der Waals surface area contributed by atoms with Gasteiger partial charge in [-0.2, -0.15) is 0 Å². The summed E-state index contributed by atoms with van der Waals surface area (Å²) in [7, 11) is 0. The van der Waals surface area contributed by atoms with Gasteiger partial charge in [0.05, 0.1) is 18.4 Å². The largest absolute Gasteiger partial charge is 0.513 e. The number of aromatic nitrogens is 1. The van der Waals surface area contributed by atoms with Gasteiger partial charge in [0.2, 0.25) is 0 Å². The lowest BCUT2D eigenvalue weighted by molar-refractivity contribution is 0.0994. The average molecular weight is 323 g/mol. The van der Waals surface area contributed by atoms with E-state index in [9.17, 15) is 9.59 Å². The number of para-hydroxylation sites is 1. The summed E-state index contributed by atoms with van der Waals surface area (Å²) in [6.45, 7) is 1.82. The Morgan fingerprint density at radius 1 is 1.36 bits per heavy atom. The number of benzene rings is 1. The van der Waals surface area contributed by atoms with E-state index >= 15 is 0 Å². The molecule has 0 spiro atoms. The number of anilines is 2. The van der Waals surface area contributed by atoms with Crippen LogP contribution in [0.15, 0.2) is 30.5 Å². The van der Waals surface area contributed by atoms with E-state index in [-0.39, 0.29) is 23.1 Å². The maximum Gasteiger partial charge on any atom is 0.513 e. The van der Waals surface area contributed by atoms with E-state index in [0.29, 0.717) is 5.00 Å². The molecule has 0 radical (unpaired) electrons. The Labute approximate surface area is 129 Å². The van der Waals surface area contributed by atoms with Gasteiger partial charge in [-0.15, -0.1) is 0 Å². The van der Waals surface area contributed by atoms with E-state index in [4.69, 9.17) is 9.94 Å². The van der Waals surface area contributed by atoms with Crippen LogP contribution in [0.4, 0.5) is 14.9 Å². The van der Waals surface area contributed by atoms with Crippen LogP contribution in [0.2, 0.25) is 0 Å². The fraction of sp³-hybridized carbons (Fsp3) is 0.154. The molecule has 1 aromatic heterocycles. The first-order valence-corrected chi connectivity index (χ1v) is 7.06. The standard InChI is InChI=1S/C13H13N3O5S/c1-2-20-13(18)21-9-6-4-3-5-8(9)11(17)15-12-14-7-10(16-19)22-12/h3-7,16,19H,2H2,1H3,(H,14,15,17). The molecule has 116 valence electrons. The summed E-state index contributed by atoms with van der Waals surface area (Å²) in [5.74, 6) is -0.422. The number of carbonyl (C=O) groups excluding carboxylic acids is 2. The molecule has 0 saturated carbocycles. The number of hydrogen-bond donors (Lipinski definition) is 3.